The van der Waals surface area contributed by atoms with Crippen molar-refractivity contribution in [3.63, 3.8) is 0 Å². The van der Waals surface area contributed by atoms with Crippen molar-refractivity contribution < 1.29 is 0 Å². The summed E-state index contributed by atoms with van der Waals surface area (Å²) in [4.78, 5) is 10.5. The molecule has 1 aliphatic rings. The lowest BCUT2D eigenvalue weighted by Gasteiger charge is -2.25. The van der Waals surface area contributed by atoms with Gasteiger partial charge in [-0.1, -0.05) is 30.3 Å². The largest absolute Gasteiger partial charge is 0.345 e. The van der Waals surface area contributed by atoms with Crippen LogP contribution in [0, 0.1) is 0 Å². The Labute approximate surface area is 113 Å². The van der Waals surface area contributed by atoms with Gasteiger partial charge >= 0.3 is 0 Å². The molecule has 19 heavy (non-hydrogen) atoms. The van der Waals surface area contributed by atoms with E-state index >= 15 is 0 Å². The number of aromatic amines is 1. The summed E-state index contributed by atoms with van der Waals surface area (Å²) in [6.07, 6.45) is 1.87. The predicted octanol–water partition coefficient (Wildman–Crippen LogP) is 1.47. The number of imidazole rings is 1. The molecule has 0 atom stereocenters. The summed E-state index contributed by atoms with van der Waals surface area (Å²) in [7, 11) is 0. The third-order valence-corrected chi connectivity index (χ3v) is 3.59. The minimum atomic E-state index is 0.653. The van der Waals surface area contributed by atoms with Gasteiger partial charge in [-0.2, -0.15) is 0 Å². The van der Waals surface area contributed by atoms with Crippen LogP contribution in [-0.2, 0) is 25.9 Å². The highest BCUT2D eigenvalue weighted by Crippen LogP contribution is 2.18. The summed E-state index contributed by atoms with van der Waals surface area (Å²) in [5.74, 6) is 1.04. The predicted molar refractivity (Wildman–Crippen MR) is 75.6 cm³/mol. The second kappa shape index (κ2) is 5.55. The minimum Gasteiger partial charge on any atom is -0.345 e. The number of nitrogens with one attached hydrogen (secondary N) is 1. The molecule has 4 nitrogen and oxygen atoms in total. The van der Waals surface area contributed by atoms with E-state index in [1.165, 1.54) is 17.0 Å². The third-order valence-electron chi connectivity index (χ3n) is 3.59. The summed E-state index contributed by atoms with van der Waals surface area (Å²) in [6, 6.07) is 10.6. The van der Waals surface area contributed by atoms with E-state index in [4.69, 9.17) is 5.73 Å². The van der Waals surface area contributed by atoms with Gasteiger partial charge in [0.15, 0.2) is 0 Å². The maximum Gasteiger partial charge on any atom is 0.107 e. The molecule has 0 amide bonds. The van der Waals surface area contributed by atoms with Gasteiger partial charge in [-0.25, -0.2) is 4.98 Å². The molecular formula is C15H20N4. The van der Waals surface area contributed by atoms with Crippen LogP contribution in [0.15, 0.2) is 30.3 Å². The highest BCUT2D eigenvalue weighted by Gasteiger charge is 2.19. The highest BCUT2D eigenvalue weighted by molar-refractivity contribution is 5.20. The lowest BCUT2D eigenvalue weighted by Crippen LogP contribution is -2.30. The van der Waals surface area contributed by atoms with Crippen LogP contribution >= 0.6 is 0 Å². The smallest absolute Gasteiger partial charge is 0.107 e. The first-order valence-corrected chi connectivity index (χ1v) is 6.88. The maximum atomic E-state index is 5.58. The van der Waals surface area contributed by atoms with Crippen molar-refractivity contribution in [2.75, 3.05) is 13.1 Å². The molecule has 2 aromatic rings. The first-order valence-electron chi connectivity index (χ1n) is 6.88. The fourth-order valence-electron chi connectivity index (χ4n) is 2.64. The molecule has 3 N–H and O–H groups in total. The molecule has 0 aliphatic carbocycles. The lowest BCUT2D eigenvalue weighted by molar-refractivity contribution is 0.241. The molecule has 1 aromatic heterocycles. The molecule has 100 valence electrons. The second-order valence-electron chi connectivity index (χ2n) is 5.09. The van der Waals surface area contributed by atoms with E-state index in [-0.39, 0.29) is 0 Å². The first kappa shape index (κ1) is 12.4. The van der Waals surface area contributed by atoms with E-state index in [1.54, 1.807) is 0 Å². The van der Waals surface area contributed by atoms with E-state index in [2.05, 4.69) is 45.2 Å². The van der Waals surface area contributed by atoms with Crippen molar-refractivity contribution in [2.45, 2.75) is 25.9 Å². The highest BCUT2D eigenvalue weighted by atomic mass is 15.2. The normalized spacial score (nSPS) is 15.4. The second-order valence-corrected chi connectivity index (χ2v) is 5.09. The number of aromatic nitrogens is 2. The van der Waals surface area contributed by atoms with Crippen molar-refractivity contribution in [2.24, 2.45) is 5.73 Å². The summed E-state index contributed by atoms with van der Waals surface area (Å²) in [5, 5.41) is 0. The third kappa shape index (κ3) is 2.85. The fraction of sp³-hybridized carbons (Fsp3) is 0.400. The molecule has 0 saturated heterocycles. The summed E-state index contributed by atoms with van der Waals surface area (Å²) in [6.45, 7) is 3.70. The minimum absolute atomic E-state index is 0.653. The van der Waals surface area contributed by atoms with Gasteiger partial charge in [0.1, 0.15) is 5.82 Å². The topological polar surface area (TPSA) is 57.9 Å². The number of nitrogens with zero attached hydrogens (tertiary/aromatic N) is 2. The Kier molecular flexibility index (Phi) is 3.62. The number of H-pyrrole nitrogens is 1. The fourth-order valence-corrected chi connectivity index (χ4v) is 2.64. The molecule has 1 aliphatic heterocycles. The van der Waals surface area contributed by atoms with Gasteiger partial charge in [0.25, 0.3) is 0 Å². The number of fused-ring (bicyclic) bond motifs is 1. The molecule has 3 rings (SSSR count). The van der Waals surface area contributed by atoms with Gasteiger partial charge in [-0.15, -0.1) is 0 Å². The number of benzene rings is 1. The number of rotatable bonds is 4. The standard InChI is InChI=1S/C15H20N4/c16-8-6-15-17-13-7-9-19(11-14(13)18-15)10-12-4-2-1-3-5-12/h1-5H,6-11,16H2,(H,17,18). The molecular weight excluding hydrogens is 236 g/mol. The van der Waals surface area contributed by atoms with E-state index in [0.29, 0.717) is 6.54 Å². The van der Waals surface area contributed by atoms with Gasteiger partial charge in [0.05, 0.1) is 11.4 Å². The zero-order chi connectivity index (χ0) is 13.1. The lowest BCUT2D eigenvalue weighted by atomic mass is 10.1. The van der Waals surface area contributed by atoms with Crippen molar-refractivity contribution in [3.8, 4) is 0 Å². The Morgan fingerprint density at radius 1 is 1.26 bits per heavy atom. The Morgan fingerprint density at radius 2 is 2.11 bits per heavy atom. The Bertz CT molecular complexity index is 532. The molecule has 2 heterocycles. The number of hydrogen-bond acceptors (Lipinski definition) is 3. The maximum absolute atomic E-state index is 5.58. The average Bonchev–Trinajstić information content (AvgIpc) is 2.82. The summed E-state index contributed by atoms with van der Waals surface area (Å²) >= 11 is 0. The van der Waals surface area contributed by atoms with Crippen LogP contribution in [0.2, 0.25) is 0 Å². The van der Waals surface area contributed by atoms with Crippen molar-refractivity contribution in [1.29, 1.82) is 0 Å². The van der Waals surface area contributed by atoms with Crippen LogP contribution in [0.5, 0.6) is 0 Å². The van der Waals surface area contributed by atoms with Crippen LogP contribution < -0.4 is 5.73 Å². The van der Waals surface area contributed by atoms with Crippen LogP contribution in [0.25, 0.3) is 0 Å². The van der Waals surface area contributed by atoms with Gasteiger partial charge in [-0.3, -0.25) is 4.90 Å². The molecule has 1 aromatic carbocycles. The Balaban J connectivity index is 1.68. The van der Waals surface area contributed by atoms with Gasteiger partial charge < -0.3 is 10.7 Å². The molecule has 0 bridgehead atoms. The first-order chi connectivity index (χ1) is 9.35. The average molecular weight is 256 g/mol. The van der Waals surface area contributed by atoms with Crippen molar-refractivity contribution in [3.05, 3.63) is 53.1 Å². The number of nitrogens with two attached hydrogens (primary N) is 1. The zero-order valence-corrected chi connectivity index (χ0v) is 11.1. The van der Waals surface area contributed by atoms with Gasteiger partial charge in [0, 0.05) is 32.5 Å². The monoisotopic (exact) mass is 256 g/mol. The molecule has 0 saturated carbocycles. The number of hydrogen-bond donors (Lipinski definition) is 2. The SMILES string of the molecule is NCCc1nc2c([nH]1)CN(Cc1ccccc1)CC2. The molecule has 0 unspecified atom stereocenters. The molecule has 4 heteroatoms. The van der Waals surface area contributed by atoms with Gasteiger partial charge in [0.2, 0.25) is 0 Å². The van der Waals surface area contributed by atoms with Crippen LogP contribution in [-0.4, -0.2) is 28.0 Å². The van der Waals surface area contributed by atoms with E-state index < -0.39 is 0 Å². The Hall–Kier alpha value is -1.65. The summed E-state index contributed by atoms with van der Waals surface area (Å²) < 4.78 is 0. The van der Waals surface area contributed by atoms with Crippen LogP contribution in [0.1, 0.15) is 22.8 Å². The van der Waals surface area contributed by atoms with E-state index in [1.807, 2.05) is 0 Å². The summed E-state index contributed by atoms with van der Waals surface area (Å²) in [5.41, 5.74) is 9.44. The van der Waals surface area contributed by atoms with Crippen molar-refractivity contribution >= 4 is 0 Å². The quantitative estimate of drug-likeness (QED) is 0.871. The molecule has 0 fully saturated rings. The van der Waals surface area contributed by atoms with Crippen molar-refractivity contribution in [1.82, 2.24) is 14.9 Å². The van der Waals surface area contributed by atoms with Crippen LogP contribution in [0.4, 0.5) is 0 Å². The van der Waals surface area contributed by atoms with E-state index in [9.17, 15) is 0 Å². The Morgan fingerprint density at radius 3 is 2.89 bits per heavy atom. The molecule has 0 radical (unpaired) electrons. The zero-order valence-electron chi connectivity index (χ0n) is 11.1. The van der Waals surface area contributed by atoms with E-state index in [0.717, 1.165) is 38.3 Å². The van der Waals surface area contributed by atoms with Gasteiger partial charge in [-0.05, 0) is 12.1 Å². The molecule has 0 spiro atoms. The van der Waals surface area contributed by atoms with Crippen LogP contribution in [0.3, 0.4) is 0 Å².